The average Bonchev–Trinajstić information content (AvgIpc) is 1.59. The number of nitrogens with two attached hydrogens (primary N) is 1. The summed E-state index contributed by atoms with van der Waals surface area (Å²) >= 11 is 0. The lowest BCUT2D eigenvalue weighted by atomic mass is 11.0. The second kappa shape index (κ2) is 3.48. The lowest BCUT2D eigenvalue weighted by Crippen LogP contribution is -2.23. The Morgan fingerprint density at radius 3 is 2.00 bits per heavy atom. The minimum atomic E-state index is -1.08. The first-order valence-corrected chi connectivity index (χ1v) is 8.13. The van der Waals surface area contributed by atoms with Crippen LogP contribution in [0.5, 0.6) is 0 Å². The van der Waals surface area contributed by atoms with Crippen molar-refractivity contribution >= 4 is 19.1 Å². The zero-order chi connectivity index (χ0) is 7.49. The van der Waals surface area contributed by atoms with E-state index in [1.54, 1.807) is 0 Å². The Bertz CT molecular complexity index is 110. The van der Waals surface area contributed by atoms with E-state index < -0.39 is 19.1 Å². The minimum Gasteiger partial charge on any atom is -0.252 e. The zero-order valence-corrected chi connectivity index (χ0v) is 8.12. The number of hydrogen-bond acceptors (Lipinski definition) is 1. The first kappa shape index (κ1) is 9.33. The van der Waals surface area contributed by atoms with E-state index in [4.69, 9.17) is 5.14 Å². The molecule has 0 fully saturated rings. The van der Waals surface area contributed by atoms with E-state index in [1.165, 1.54) is 0 Å². The van der Waals surface area contributed by atoms with Crippen LogP contribution >= 0.6 is 0 Å². The van der Waals surface area contributed by atoms with Crippen molar-refractivity contribution in [1.82, 2.24) is 0 Å². The molecule has 0 rings (SSSR count). The average molecular weight is 165 g/mol. The van der Waals surface area contributed by atoms with Gasteiger partial charge in [0.1, 0.15) is 0 Å². The Kier molecular flexibility index (Phi) is 3.61. The fourth-order valence-electron chi connectivity index (χ4n) is 0.407. The fraction of sp³-hybridized carbons (Fsp3) is 1.00. The van der Waals surface area contributed by atoms with E-state index in [0.717, 1.165) is 6.04 Å². The van der Waals surface area contributed by atoms with Crippen molar-refractivity contribution in [2.24, 2.45) is 5.14 Å². The first-order chi connectivity index (χ1) is 3.92. The van der Waals surface area contributed by atoms with Crippen molar-refractivity contribution in [1.29, 1.82) is 0 Å². The Morgan fingerprint density at radius 1 is 1.44 bits per heavy atom. The summed E-state index contributed by atoms with van der Waals surface area (Å²) in [6.07, 6.45) is 0. The van der Waals surface area contributed by atoms with Crippen LogP contribution < -0.4 is 5.14 Å². The highest BCUT2D eigenvalue weighted by atomic mass is 32.2. The molecule has 0 aliphatic heterocycles. The molecule has 0 aromatic rings. The topological polar surface area (TPSA) is 43.1 Å². The summed E-state index contributed by atoms with van der Waals surface area (Å²) in [4.78, 5) is 0. The second-order valence-electron chi connectivity index (χ2n) is 3.40. The predicted molar refractivity (Wildman–Crippen MR) is 45.3 cm³/mol. The molecule has 0 aromatic heterocycles. The molecule has 0 saturated heterocycles. The quantitative estimate of drug-likeness (QED) is 0.622. The molecule has 0 bridgehead atoms. The highest BCUT2D eigenvalue weighted by Gasteiger charge is 2.12. The minimum absolute atomic E-state index is 0.676. The van der Waals surface area contributed by atoms with Crippen LogP contribution in [0.3, 0.4) is 0 Å². The summed E-state index contributed by atoms with van der Waals surface area (Å²) in [5.74, 6) is 0.676. The highest BCUT2D eigenvalue weighted by molar-refractivity contribution is 7.82. The summed E-state index contributed by atoms with van der Waals surface area (Å²) in [6.45, 7) is 6.75. The Morgan fingerprint density at radius 2 is 1.89 bits per heavy atom. The van der Waals surface area contributed by atoms with Crippen molar-refractivity contribution < 1.29 is 4.21 Å². The van der Waals surface area contributed by atoms with Gasteiger partial charge in [0.2, 0.25) is 0 Å². The summed E-state index contributed by atoms with van der Waals surface area (Å²) in [7, 11) is -2.07. The third-order valence-corrected chi connectivity index (χ3v) is 3.77. The molecular weight excluding hydrogens is 150 g/mol. The molecule has 0 aromatic carbocycles. The largest absolute Gasteiger partial charge is 0.252 e. The SMILES string of the molecule is C[Si](C)(C)CCS(N)=O. The monoisotopic (exact) mass is 165 g/mol. The molecule has 0 heterocycles. The van der Waals surface area contributed by atoms with Crippen LogP contribution in [0.15, 0.2) is 0 Å². The van der Waals surface area contributed by atoms with Gasteiger partial charge < -0.3 is 0 Å². The molecule has 0 aliphatic carbocycles. The summed E-state index contributed by atoms with van der Waals surface area (Å²) in [5.41, 5.74) is 0. The number of rotatable bonds is 3. The second-order valence-corrected chi connectivity index (χ2v) is 10.2. The third kappa shape index (κ3) is 8.33. The van der Waals surface area contributed by atoms with Gasteiger partial charge in [0.05, 0.1) is 11.0 Å². The van der Waals surface area contributed by atoms with Gasteiger partial charge in [-0.1, -0.05) is 19.6 Å². The molecular formula is C5H15NOSSi. The van der Waals surface area contributed by atoms with Crippen LogP contribution in [0.1, 0.15) is 0 Å². The van der Waals surface area contributed by atoms with E-state index in [9.17, 15) is 4.21 Å². The summed E-state index contributed by atoms with van der Waals surface area (Å²) in [5, 5.41) is 5.09. The molecule has 0 spiro atoms. The van der Waals surface area contributed by atoms with Gasteiger partial charge in [-0.3, -0.25) is 5.14 Å². The standard InChI is InChI=1S/C5H15NOSSi/c1-9(2,3)5-4-8(6)7/h4-6H2,1-3H3. The van der Waals surface area contributed by atoms with Crippen LogP contribution in [0.2, 0.25) is 25.7 Å². The van der Waals surface area contributed by atoms with Crippen molar-refractivity contribution in [3.63, 3.8) is 0 Å². The Hall–Kier alpha value is 0.327. The molecule has 4 heteroatoms. The van der Waals surface area contributed by atoms with Gasteiger partial charge in [0, 0.05) is 13.8 Å². The van der Waals surface area contributed by atoms with Crippen LogP contribution in [-0.2, 0) is 11.0 Å². The maximum Gasteiger partial charge on any atom is 0.0885 e. The van der Waals surface area contributed by atoms with Crippen LogP contribution in [0.4, 0.5) is 0 Å². The molecule has 2 N–H and O–H groups in total. The molecule has 9 heavy (non-hydrogen) atoms. The molecule has 1 atom stereocenters. The predicted octanol–water partition coefficient (Wildman–Crippen LogP) is 0.947. The number of hydrogen-bond donors (Lipinski definition) is 1. The van der Waals surface area contributed by atoms with Gasteiger partial charge in [-0.2, -0.15) is 0 Å². The zero-order valence-electron chi connectivity index (χ0n) is 6.31. The fourth-order valence-corrected chi connectivity index (χ4v) is 3.66. The molecule has 2 nitrogen and oxygen atoms in total. The van der Waals surface area contributed by atoms with Gasteiger partial charge in [-0.15, -0.1) is 0 Å². The molecule has 1 unspecified atom stereocenters. The molecule has 0 aliphatic rings. The van der Waals surface area contributed by atoms with Crippen molar-refractivity contribution in [3.05, 3.63) is 0 Å². The first-order valence-electron chi connectivity index (χ1n) is 3.04. The third-order valence-electron chi connectivity index (χ3n) is 1.05. The van der Waals surface area contributed by atoms with E-state index in [2.05, 4.69) is 19.6 Å². The lowest BCUT2D eigenvalue weighted by molar-refractivity contribution is 0.685. The van der Waals surface area contributed by atoms with Gasteiger partial charge in [0.15, 0.2) is 0 Å². The molecule has 56 valence electrons. The maximum absolute atomic E-state index is 10.4. The molecule has 0 saturated carbocycles. The van der Waals surface area contributed by atoms with Gasteiger partial charge >= 0.3 is 0 Å². The van der Waals surface area contributed by atoms with Crippen molar-refractivity contribution in [2.75, 3.05) is 5.75 Å². The lowest BCUT2D eigenvalue weighted by Gasteiger charge is -2.13. The van der Waals surface area contributed by atoms with Gasteiger partial charge in [0.25, 0.3) is 0 Å². The van der Waals surface area contributed by atoms with E-state index >= 15 is 0 Å². The van der Waals surface area contributed by atoms with Crippen molar-refractivity contribution in [3.8, 4) is 0 Å². The van der Waals surface area contributed by atoms with Crippen LogP contribution in [0, 0.1) is 0 Å². The van der Waals surface area contributed by atoms with Gasteiger partial charge in [-0.25, -0.2) is 4.21 Å². The van der Waals surface area contributed by atoms with E-state index in [-0.39, 0.29) is 0 Å². The van der Waals surface area contributed by atoms with Crippen LogP contribution in [-0.4, -0.2) is 18.0 Å². The molecule has 0 amide bonds. The smallest absolute Gasteiger partial charge is 0.0885 e. The summed E-state index contributed by atoms with van der Waals surface area (Å²) < 4.78 is 10.4. The Balaban J connectivity index is 3.39. The van der Waals surface area contributed by atoms with Gasteiger partial charge in [-0.05, 0) is 6.04 Å². The molecule has 0 radical (unpaired) electrons. The summed E-state index contributed by atoms with van der Waals surface area (Å²) in [6, 6.07) is 1.07. The van der Waals surface area contributed by atoms with E-state index in [1.807, 2.05) is 0 Å². The maximum atomic E-state index is 10.4. The van der Waals surface area contributed by atoms with Crippen molar-refractivity contribution in [2.45, 2.75) is 25.7 Å². The Labute approximate surface area is 60.4 Å². The van der Waals surface area contributed by atoms with Crippen LogP contribution in [0.25, 0.3) is 0 Å². The van der Waals surface area contributed by atoms with E-state index in [0.29, 0.717) is 5.75 Å². The highest BCUT2D eigenvalue weighted by Crippen LogP contribution is 2.06. The normalized spacial score (nSPS) is 15.6.